The van der Waals surface area contributed by atoms with Crippen molar-refractivity contribution in [2.75, 3.05) is 5.32 Å². The summed E-state index contributed by atoms with van der Waals surface area (Å²) >= 11 is 1.36. The number of aromatic nitrogens is 1. The molecule has 4 bridgehead atoms. The molecule has 1 saturated heterocycles. The zero-order valence-corrected chi connectivity index (χ0v) is 20.0. The number of anilines is 1. The van der Waals surface area contributed by atoms with Gasteiger partial charge in [-0.15, -0.1) is 11.3 Å². The van der Waals surface area contributed by atoms with E-state index in [1.807, 2.05) is 17.5 Å². The lowest BCUT2D eigenvalue weighted by Crippen LogP contribution is -2.58. The summed E-state index contributed by atoms with van der Waals surface area (Å²) in [6.07, 6.45) is 8.95. The SMILES string of the molecule is O=C1CCC(c2cccc(NC(=O)c3nc(CNC45CC6CC(CC(C6)C4)C5)cs3)c2)C(=O)N1. The molecule has 3 amide bonds. The van der Waals surface area contributed by atoms with Gasteiger partial charge in [-0.2, -0.15) is 0 Å². The quantitative estimate of drug-likeness (QED) is 0.546. The summed E-state index contributed by atoms with van der Waals surface area (Å²) in [5.74, 6) is 1.55. The Kier molecular flexibility index (Phi) is 5.53. The van der Waals surface area contributed by atoms with Crippen LogP contribution in [0.3, 0.4) is 0 Å². The number of rotatable bonds is 6. The van der Waals surface area contributed by atoms with Gasteiger partial charge in [-0.1, -0.05) is 12.1 Å². The first-order valence-electron chi connectivity index (χ1n) is 12.4. The first kappa shape index (κ1) is 21.9. The Balaban J connectivity index is 1.08. The van der Waals surface area contributed by atoms with E-state index in [1.165, 1.54) is 49.9 Å². The first-order chi connectivity index (χ1) is 16.4. The fourth-order valence-electron chi connectivity index (χ4n) is 7.13. The Morgan fingerprint density at radius 3 is 2.56 bits per heavy atom. The molecule has 7 rings (SSSR count). The molecule has 5 fully saturated rings. The van der Waals surface area contributed by atoms with Crippen molar-refractivity contribution >= 4 is 34.7 Å². The predicted molar refractivity (Wildman–Crippen MR) is 129 cm³/mol. The highest BCUT2D eigenvalue weighted by Crippen LogP contribution is 2.55. The number of nitrogens with zero attached hydrogens (tertiary/aromatic N) is 1. The Labute approximate surface area is 203 Å². The molecule has 4 saturated carbocycles. The molecule has 2 heterocycles. The number of carbonyl (C=O) groups excluding carboxylic acids is 3. The maximum atomic E-state index is 12.8. The lowest BCUT2D eigenvalue weighted by Gasteiger charge is -2.57. The number of carbonyl (C=O) groups is 3. The number of nitrogens with one attached hydrogen (secondary N) is 3. The van der Waals surface area contributed by atoms with Crippen LogP contribution < -0.4 is 16.0 Å². The third-order valence-corrected chi connectivity index (χ3v) is 9.10. The van der Waals surface area contributed by atoms with Crippen LogP contribution in [0.4, 0.5) is 5.69 Å². The van der Waals surface area contributed by atoms with Crippen molar-refractivity contribution < 1.29 is 14.4 Å². The van der Waals surface area contributed by atoms with Gasteiger partial charge in [0.2, 0.25) is 11.8 Å². The summed E-state index contributed by atoms with van der Waals surface area (Å²) in [6, 6.07) is 7.28. The summed E-state index contributed by atoms with van der Waals surface area (Å²) < 4.78 is 0. The largest absolute Gasteiger partial charge is 0.320 e. The second-order valence-corrected chi connectivity index (χ2v) is 11.6. The molecule has 1 unspecified atom stereocenters. The van der Waals surface area contributed by atoms with Crippen LogP contribution in [-0.2, 0) is 16.1 Å². The Morgan fingerprint density at radius 2 is 1.85 bits per heavy atom. The average Bonchev–Trinajstić information content (AvgIpc) is 3.27. The summed E-state index contributed by atoms with van der Waals surface area (Å²) in [4.78, 5) is 41.1. The molecule has 4 aliphatic carbocycles. The Bertz CT molecular complexity index is 1110. The molecule has 1 atom stereocenters. The van der Waals surface area contributed by atoms with Gasteiger partial charge in [0.25, 0.3) is 5.91 Å². The maximum absolute atomic E-state index is 12.8. The number of hydrogen-bond donors (Lipinski definition) is 3. The van der Waals surface area contributed by atoms with Gasteiger partial charge in [-0.3, -0.25) is 19.7 Å². The molecule has 7 nitrogen and oxygen atoms in total. The molecule has 1 aromatic heterocycles. The molecular formula is C26H30N4O3S. The van der Waals surface area contributed by atoms with Crippen molar-refractivity contribution in [1.29, 1.82) is 0 Å². The summed E-state index contributed by atoms with van der Waals surface area (Å²) in [6.45, 7) is 0.709. The molecule has 0 spiro atoms. The van der Waals surface area contributed by atoms with Crippen molar-refractivity contribution in [3.63, 3.8) is 0 Å². The van der Waals surface area contributed by atoms with Crippen molar-refractivity contribution in [2.45, 2.75) is 69.4 Å². The Morgan fingerprint density at radius 1 is 1.12 bits per heavy atom. The van der Waals surface area contributed by atoms with Crippen LogP contribution in [0.15, 0.2) is 29.6 Å². The van der Waals surface area contributed by atoms with E-state index < -0.39 is 0 Å². The minimum atomic E-state index is -0.378. The van der Waals surface area contributed by atoms with E-state index in [0.717, 1.165) is 29.0 Å². The third-order valence-electron chi connectivity index (χ3n) is 8.21. The van der Waals surface area contributed by atoms with E-state index in [9.17, 15) is 14.4 Å². The van der Waals surface area contributed by atoms with Crippen LogP contribution >= 0.6 is 11.3 Å². The van der Waals surface area contributed by atoms with Crippen molar-refractivity contribution in [3.8, 4) is 0 Å². The van der Waals surface area contributed by atoms with E-state index in [0.29, 0.717) is 30.1 Å². The van der Waals surface area contributed by atoms with Crippen molar-refractivity contribution in [2.24, 2.45) is 17.8 Å². The van der Waals surface area contributed by atoms with Crippen LogP contribution in [0.5, 0.6) is 0 Å². The topological polar surface area (TPSA) is 100 Å². The molecule has 1 aliphatic heterocycles. The van der Waals surface area contributed by atoms with Gasteiger partial charge >= 0.3 is 0 Å². The standard InChI is InChI=1S/C26H30N4O3S/c31-22-5-4-21(23(32)30-22)18-2-1-3-19(9-18)28-24(33)25-29-20(14-34-25)13-27-26-10-15-6-16(11-26)8-17(7-15)12-26/h1-3,9,14-17,21,27H,4-8,10-13H2,(H,28,33)(H,30,31,32). The van der Waals surface area contributed by atoms with Gasteiger partial charge in [-0.25, -0.2) is 4.98 Å². The number of amides is 3. The van der Waals surface area contributed by atoms with E-state index in [4.69, 9.17) is 0 Å². The molecule has 5 aliphatic rings. The van der Waals surface area contributed by atoms with Crippen LogP contribution in [0.25, 0.3) is 0 Å². The normalized spacial score (nSPS) is 32.0. The second kappa shape index (κ2) is 8.57. The van der Waals surface area contributed by atoms with E-state index in [1.54, 1.807) is 12.1 Å². The fourth-order valence-corrected chi connectivity index (χ4v) is 7.84. The van der Waals surface area contributed by atoms with Crippen molar-refractivity contribution in [3.05, 3.63) is 45.9 Å². The summed E-state index contributed by atoms with van der Waals surface area (Å²) in [5, 5.41) is 11.6. The molecule has 8 heteroatoms. The molecule has 2 aromatic rings. The Hall–Kier alpha value is -2.58. The number of imide groups is 1. The third kappa shape index (κ3) is 4.29. The highest BCUT2D eigenvalue weighted by molar-refractivity contribution is 7.11. The minimum absolute atomic E-state index is 0.233. The minimum Gasteiger partial charge on any atom is -0.320 e. The van der Waals surface area contributed by atoms with Crippen LogP contribution in [0, 0.1) is 17.8 Å². The van der Waals surface area contributed by atoms with E-state index in [-0.39, 0.29) is 29.2 Å². The smallest absolute Gasteiger partial charge is 0.284 e. The van der Waals surface area contributed by atoms with Gasteiger partial charge in [0.1, 0.15) is 0 Å². The van der Waals surface area contributed by atoms with E-state index >= 15 is 0 Å². The number of benzene rings is 1. The zero-order valence-electron chi connectivity index (χ0n) is 19.1. The summed E-state index contributed by atoms with van der Waals surface area (Å²) in [5.41, 5.74) is 2.61. The van der Waals surface area contributed by atoms with E-state index in [2.05, 4.69) is 20.9 Å². The van der Waals surface area contributed by atoms with Gasteiger partial charge in [0.15, 0.2) is 5.01 Å². The first-order valence-corrected chi connectivity index (χ1v) is 13.3. The lowest BCUT2D eigenvalue weighted by atomic mass is 9.53. The molecular weight excluding hydrogens is 448 g/mol. The van der Waals surface area contributed by atoms with Crippen molar-refractivity contribution in [1.82, 2.24) is 15.6 Å². The second-order valence-electron chi connectivity index (χ2n) is 10.8. The number of hydrogen-bond acceptors (Lipinski definition) is 6. The molecule has 34 heavy (non-hydrogen) atoms. The summed E-state index contributed by atoms with van der Waals surface area (Å²) in [7, 11) is 0. The van der Waals surface area contributed by atoms with Crippen LogP contribution in [0.1, 0.15) is 78.3 Å². The average molecular weight is 479 g/mol. The van der Waals surface area contributed by atoms with Crippen LogP contribution in [-0.4, -0.2) is 28.2 Å². The van der Waals surface area contributed by atoms with Gasteiger partial charge < -0.3 is 10.6 Å². The molecule has 178 valence electrons. The fraction of sp³-hybridized carbons (Fsp3) is 0.538. The lowest BCUT2D eigenvalue weighted by molar-refractivity contribution is -0.134. The zero-order chi connectivity index (χ0) is 23.3. The monoisotopic (exact) mass is 478 g/mol. The number of piperidine rings is 1. The van der Waals surface area contributed by atoms with Crippen LogP contribution in [0.2, 0.25) is 0 Å². The highest BCUT2D eigenvalue weighted by Gasteiger charge is 2.50. The molecule has 1 aromatic carbocycles. The number of thiazole rings is 1. The molecule has 3 N–H and O–H groups in total. The molecule has 0 radical (unpaired) electrons. The predicted octanol–water partition coefficient (Wildman–Crippen LogP) is 3.97. The van der Waals surface area contributed by atoms with Gasteiger partial charge in [0, 0.05) is 29.6 Å². The van der Waals surface area contributed by atoms with Gasteiger partial charge in [0.05, 0.1) is 11.6 Å². The highest BCUT2D eigenvalue weighted by atomic mass is 32.1. The maximum Gasteiger partial charge on any atom is 0.284 e. The van der Waals surface area contributed by atoms with Gasteiger partial charge in [-0.05, 0) is 80.4 Å².